The molecule has 0 saturated carbocycles. The predicted molar refractivity (Wildman–Crippen MR) is 54.5 cm³/mol. The maximum Gasteiger partial charge on any atom is 0.0449 e. The minimum Gasteiger partial charge on any atom is -0.396 e. The Morgan fingerprint density at radius 3 is 2.54 bits per heavy atom. The van der Waals surface area contributed by atoms with Gasteiger partial charge in [-0.15, -0.1) is 0 Å². The summed E-state index contributed by atoms with van der Waals surface area (Å²) in [4.78, 5) is 0. The van der Waals surface area contributed by atoms with Gasteiger partial charge in [0.1, 0.15) is 0 Å². The quantitative estimate of drug-likeness (QED) is 0.741. The van der Waals surface area contributed by atoms with Crippen LogP contribution in [-0.4, -0.2) is 11.7 Å². The molecule has 72 valence electrons. The van der Waals surface area contributed by atoms with Crippen LogP contribution in [0.25, 0.3) is 0 Å². The van der Waals surface area contributed by atoms with Crippen molar-refractivity contribution >= 4 is 0 Å². The zero-order chi connectivity index (χ0) is 9.84. The highest BCUT2D eigenvalue weighted by Gasteiger charge is 2.05. The van der Waals surface area contributed by atoms with Crippen LogP contribution in [0.5, 0.6) is 0 Å². The molecular weight excluding hydrogens is 162 g/mol. The van der Waals surface area contributed by atoms with Crippen molar-refractivity contribution in [1.82, 2.24) is 0 Å². The van der Waals surface area contributed by atoms with E-state index in [0.29, 0.717) is 6.42 Å². The van der Waals surface area contributed by atoms with Gasteiger partial charge in [-0.2, -0.15) is 0 Å². The molecule has 0 aromatic heterocycles. The van der Waals surface area contributed by atoms with Gasteiger partial charge in [0.15, 0.2) is 0 Å². The number of aryl methyl sites for hydroxylation is 2. The summed E-state index contributed by atoms with van der Waals surface area (Å²) in [5.74, 6) is 0. The van der Waals surface area contributed by atoms with Gasteiger partial charge < -0.3 is 10.8 Å². The van der Waals surface area contributed by atoms with Crippen LogP contribution in [0.4, 0.5) is 0 Å². The number of rotatable bonds is 3. The average Bonchev–Trinajstić information content (AvgIpc) is 2.10. The van der Waals surface area contributed by atoms with Crippen LogP contribution in [0.1, 0.15) is 29.2 Å². The zero-order valence-electron chi connectivity index (χ0n) is 8.25. The van der Waals surface area contributed by atoms with Crippen molar-refractivity contribution in [1.29, 1.82) is 0 Å². The monoisotopic (exact) mass is 179 g/mol. The lowest BCUT2D eigenvalue weighted by atomic mass is 10.00. The van der Waals surface area contributed by atoms with E-state index >= 15 is 0 Å². The summed E-state index contributed by atoms with van der Waals surface area (Å²) < 4.78 is 0. The van der Waals surface area contributed by atoms with Gasteiger partial charge in [-0.05, 0) is 37.0 Å². The first-order chi connectivity index (χ1) is 6.15. The summed E-state index contributed by atoms with van der Waals surface area (Å²) in [6.07, 6.45) is 0.627. The van der Waals surface area contributed by atoms with Crippen LogP contribution in [0.15, 0.2) is 18.2 Å². The van der Waals surface area contributed by atoms with Crippen molar-refractivity contribution in [2.75, 3.05) is 6.61 Å². The largest absolute Gasteiger partial charge is 0.396 e. The van der Waals surface area contributed by atoms with Crippen LogP contribution in [0.3, 0.4) is 0 Å². The molecule has 13 heavy (non-hydrogen) atoms. The third-order valence-corrected chi connectivity index (χ3v) is 2.40. The number of hydrogen-bond donors (Lipinski definition) is 2. The molecule has 3 N–H and O–H groups in total. The Morgan fingerprint density at radius 1 is 1.31 bits per heavy atom. The second kappa shape index (κ2) is 4.40. The number of aliphatic hydroxyl groups is 1. The minimum absolute atomic E-state index is 0.0377. The fourth-order valence-corrected chi connectivity index (χ4v) is 1.30. The van der Waals surface area contributed by atoms with Crippen molar-refractivity contribution in [2.45, 2.75) is 26.3 Å². The van der Waals surface area contributed by atoms with E-state index in [9.17, 15) is 0 Å². The lowest BCUT2D eigenvalue weighted by Crippen LogP contribution is -2.12. The highest BCUT2D eigenvalue weighted by atomic mass is 16.3. The van der Waals surface area contributed by atoms with E-state index in [0.717, 1.165) is 5.56 Å². The SMILES string of the molecule is Cc1ccc(C(N)CCO)cc1C. The van der Waals surface area contributed by atoms with Crippen LogP contribution >= 0.6 is 0 Å². The molecule has 0 bridgehead atoms. The van der Waals surface area contributed by atoms with Crippen LogP contribution in [0.2, 0.25) is 0 Å². The summed E-state index contributed by atoms with van der Waals surface area (Å²) >= 11 is 0. The van der Waals surface area contributed by atoms with Crippen molar-refractivity contribution in [3.63, 3.8) is 0 Å². The lowest BCUT2D eigenvalue weighted by molar-refractivity contribution is 0.276. The Balaban J connectivity index is 2.84. The maximum absolute atomic E-state index is 8.74. The van der Waals surface area contributed by atoms with Crippen molar-refractivity contribution in [3.8, 4) is 0 Å². The van der Waals surface area contributed by atoms with E-state index in [4.69, 9.17) is 10.8 Å². The van der Waals surface area contributed by atoms with Crippen LogP contribution < -0.4 is 5.73 Å². The molecule has 0 saturated heterocycles. The van der Waals surface area contributed by atoms with Gasteiger partial charge in [0.2, 0.25) is 0 Å². The number of benzene rings is 1. The topological polar surface area (TPSA) is 46.2 Å². The summed E-state index contributed by atoms with van der Waals surface area (Å²) in [5, 5.41) is 8.74. The number of aliphatic hydroxyl groups excluding tert-OH is 1. The molecule has 1 unspecified atom stereocenters. The predicted octanol–water partition coefficient (Wildman–Crippen LogP) is 1.69. The van der Waals surface area contributed by atoms with Gasteiger partial charge in [0.25, 0.3) is 0 Å². The highest BCUT2D eigenvalue weighted by Crippen LogP contribution is 2.17. The molecular formula is C11H17NO. The Kier molecular flexibility index (Phi) is 3.46. The molecule has 0 aliphatic carbocycles. The zero-order valence-corrected chi connectivity index (χ0v) is 8.25. The van der Waals surface area contributed by atoms with Gasteiger partial charge in [0.05, 0.1) is 0 Å². The Bertz CT molecular complexity index is 283. The molecule has 1 aromatic rings. The van der Waals surface area contributed by atoms with Crippen LogP contribution in [0, 0.1) is 13.8 Å². The molecule has 0 amide bonds. The van der Waals surface area contributed by atoms with E-state index in [1.54, 1.807) is 0 Å². The first-order valence-corrected chi connectivity index (χ1v) is 4.58. The smallest absolute Gasteiger partial charge is 0.0449 e. The first-order valence-electron chi connectivity index (χ1n) is 4.58. The molecule has 0 spiro atoms. The van der Waals surface area contributed by atoms with E-state index in [-0.39, 0.29) is 12.6 Å². The molecule has 0 heterocycles. The summed E-state index contributed by atoms with van der Waals surface area (Å²) in [7, 11) is 0. The minimum atomic E-state index is -0.0377. The van der Waals surface area contributed by atoms with Crippen molar-refractivity contribution in [3.05, 3.63) is 34.9 Å². The van der Waals surface area contributed by atoms with Crippen LogP contribution in [-0.2, 0) is 0 Å². The molecule has 1 aromatic carbocycles. The lowest BCUT2D eigenvalue weighted by Gasteiger charge is -2.11. The molecule has 0 radical (unpaired) electrons. The van der Waals surface area contributed by atoms with Gasteiger partial charge in [-0.25, -0.2) is 0 Å². The Morgan fingerprint density at radius 2 is 2.00 bits per heavy atom. The second-order valence-electron chi connectivity index (χ2n) is 3.46. The summed E-state index contributed by atoms with van der Waals surface area (Å²) in [5.41, 5.74) is 9.51. The Labute approximate surface area is 79.4 Å². The normalized spacial score (nSPS) is 12.9. The van der Waals surface area contributed by atoms with Gasteiger partial charge in [-0.3, -0.25) is 0 Å². The van der Waals surface area contributed by atoms with E-state index in [2.05, 4.69) is 26.0 Å². The molecule has 1 atom stereocenters. The molecule has 2 heteroatoms. The number of hydrogen-bond acceptors (Lipinski definition) is 2. The fourth-order valence-electron chi connectivity index (χ4n) is 1.30. The average molecular weight is 179 g/mol. The molecule has 0 fully saturated rings. The summed E-state index contributed by atoms with van der Waals surface area (Å²) in [6, 6.07) is 6.16. The van der Waals surface area contributed by atoms with E-state index in [1.807, 2.05) is 6.07 Å². The maximum atomic E-state index is 8.74. The van der Waals surface area contributed by atoms with Gasteiger partial charge >= 0.3 is 0 Å². The second-order valence-corrected chi connectivity index (χ2v) is 3.46. The van der Waals surface area contributed by atoms with Crippen molar-refractivity contribution in [2.24, 2.45) is 5.73 Å². The molecule has 2 nitrogen and oxygen atoms in total. The number of nitrogens with two attached hydrogens (primary N) is 1. The molecule has 0 aliphatic rings. The standard InChI is InChI=1S/C11H17NO/c1-8-3-4-10(7-9(8)2)11(12)5-6-13/h3-4,7,11,13H,5-6,12H2,1-2H3. The first kappa shape index (κ1) is 10.2. The highest BCUT2D eigenvalue weighted by molar-refractivity contribution is 5.31. The third-order valence-electron chi connectivity index (χ3n) is 2.40. The van der Waals surface area contributed by atoms with Gasteiger partial charge in [0, 0.05) is 12.6 Å². The Hall–Kier alpha value is -0.860. The third kappa shape index (κ3) is 2.54. The van der Waals surface area contributed by atoms with E-state index < -0.39 is 0 Å². The van der Waals surface area contributed by atoms with E-state index in [1.165, 1.54) is 11.1 Å². The fraction of sp³-hybridized carbons (Fsp3) is 0.455. The molecule has 0 aliphatic heterocycles. The van der Waals surface area contributed by atoms with Gasteiger partial charge in [-0.1, -0.05) is 18.2 Å². The summed E-state index contributed by atoms with van der Waals surface area (Å²) in [6.45, 7) is 4.30. The van der Waals surface area contributed by atoms with Crippen molar-refractivity contribution < 1.29 is 5.11 Å². The molecule has 1 rings (SSSR count).